The largest absolute Gasteiger partial charge is 0.369 e. The van der Waals surface area contributed by atoms with E-state index in [-0.39, 0.29) is 18.2 Å². The summed E-state index contributed by atoms with van der Waals surface area (Å²) < 4.78 is 0. The fraction of sp³-hybridized carbons (Fsp3) is 0.176. The first-order valence-corrected chi connectivity index (χ1v) is 6.90. The van der Waals surface area contributed by atoms with Gasteiger partial charge in [-0.1, -0.05) is 42.5 Å². The first-order valence-electron chi connectivity index (χ1n) is 6.90. The molecule has 0 saturated carbocycles. The van der Waals surface area contributed by atoms with Crippen molar-refractivity contribution in [3.63, 3.8) is 0 Å². The number of nitrogens with two attached hydrogens (primary N) is 1. The second-order valence-corrected chi connectivity index (χ2v) is 5.22. The van der Waals surface area contributed by atoms with Crippen LogP contribution < -0.4 is 10.6 Å². The van der Waals surface area contributed by atoms with E-state index < -0.39 is 5.91 Å². The third-order valence-electron chi connectivity index (χ3n) is 3.81. The van der Waals surface area contributed by atoms with Crippen molar-refractivity contribution in [1.82, 2.24) is 0 Å². The summed E-state index contributed by atoms with van der Waals surface area (Å²) >= 11 is 0. The van der Waals surface area contributed by atoms with Crippen LogP contribution in [-0.4, -0.2) is 18.4 Å². The van der Waals surface area contributed by atoms with E-state index in [2.05, 4.69) is 0 Å². The predicted molar refractivity (Wildman–Crippen MR) is 81.5 cm³/mol. The summed E-state index contributed by atoms with van der Waals surface area (Å²) in [6.45, 7) is 0.374. The Balaban J connectivity index is 1.82. The van der Waals surface area contributed by atoms with Crippen molar-refractivity contribution in [1.29, 1.82) is 0 Å². The zero-order valence-corrected chi connectivity index (χ0v) is 11.5. The summed E-state index contributed by atoms with van der Waals surface area (Å²) in [7, 11) is 0. The molecule has 1 aliphatic heterocycles. The van der Waals surface area contributed by atoms with Gasteiger partial charge in [-0.25, -0.2) is 0 Å². The molecule has 0 aromatic heterocycles. The van der Waals surface area contributed by atoms with Crippen molar-refractivity contribution in [3.05, 3.63) is 54.6 Å². The lowest BCUT2D eigenvalue weighted by Crippen LogP contribution is -2.28. The van der Waals surface area contributed by atoms with Gasteiger partial charge in [0.25, 0.3) is 0 Å². The van der Waals surface area contributed by atoms with E-state index in [0.29, 0.717) is 6.54 Å². The quantitative estimate of drug-likeness (QED) is 0.936. The topological polar surface area (TPSA) is 63.4 Å². The zero-order chi connectivity index (χ0) is 14.8. The minimum atomic E-state index is -0.410. The number of hydrogen-bond acceptors (Lipinski definition) is 2. The maximum Gasteiger partial charge on any atom is 0.227 e. The monoisotopic (exact) mass is 280 g/mol. The van der Waals surface area contributed by atoms with E-state index in [0.717, 1.165) is 16.8 Å². The molecule has 0 spiro atoms. The molecule has 2 aromatic rings. The standard InChI is InChI=1S/C17H16N2O2/c18-17(21)14-10-16(20)19(11-14)15-8-6-13(7-9-15)12-4-2-1-3-5-12/h1-9,14H,10-11H2,(H2,18,21). The molecule has 2 aromatic carbocycles. The fourth-order valence-electron chi connectivity index (χ4n) is 2.61. The van der Waals surface area contributed by atoms with Gasteiger partial charge in [0.2, 0.25) is 11.8 Å². The van der Waals surface area contributed by atoms with Gasteiger partial charge in [-0.15, -0.1) is 0 Å². The SMILES string of the molecule is NC(=O)C1CC(=O)N(c2ccc(-c3ccccc3)cc2)C1. The molecule has 0 radical (unpaired) electrons. The second kappa shape index (κ2) is 5.40. The van der Waals surface area contributed by atoms with Crippen LogP contribution in [0.4, 0.5) is 5.69 Å². The van der Waals surface area contributed by atoms with Gasteiger partial charge in [-0.05, 0) is 23.3 Å². The number of benzene rings is 2. The average molecular weight is 280 g/mol. The molecule has 3 rings (SSSR count). The summed E-state index contributed by atoms with van der Waals surface area (Å²) in [6.07, 6.45) is 0.204. The number of primary amides is 1. The summed E-state index contributed by atoms with van der Waals surface area (Å²) in [5.41, 5.74) is 8.32. The summed E-state index contributed by atoms with van der Waals surface area (Å²) in [4.78, 5) is 24.8. The maximum atomic E-state index is 12.0. The summed E-state index contributed by atoms with van der Waals surface area (Å²) in [5.74, 6) is -0.843. The number of hydrogen-bond donors (Lipinski definition) is 1. The Morgan fingerprint density at radius 2 is 1.62 bits per heavy atom. The molecule has 1 heterocycles. The van der Waals surface area contributed by atoms with Crippen molar-refractivity contribution >= 4 is 17.5 Å². The number of carbonyl (C=O) groups is 2. The van der Waals surface area contributed by atoms with Crippen LogP contribution in [0.1, 0.15) is 6.42 Å². The molecule has 4 heteroatoms. The van der Waals surface area contributed by atoms with E-state index >= 15 is 0 Å². The lowest BCUT2D eigenvalue weighted by atomic mass is 10.1. The highest BCUT2D eigenvalue weighted by Crippen LogP contribution is 2.27. The van der Waals surface area contributed by atoms with Crippen molar-refractivity contribution in [2.24, 2.45) is 11.7 Å². The van der Waals surface area contributed by atoms with Crippen LogP contribution in [0.5, 0.6) is 0 Å². The van der Waals surface area contributed by atoms with Gasteiger partial charge in [-0.3, -0.25) is 9.59 Å². The molecular weight excluding hydrogens is 264 g/mol. The lowest BCUT2D eigenvalue weighted by Gasteiger charge is -2.16. The molecule has 2 N–H and O–H groups in total. The van der Waals surface area contributed by atoms with Gasteiger partial charge < -0.3 is 10.6 Å². The average Bonchev–Trinajstić information content (AvgIpc) is 2.91. The Morgan fingerprint density at radius 1 is 1.00 bits per heavy atom. The third kappa shape index (κ3) is 2.65. The Kier molecular flexibility index (Phi) is 3.44. The molecule has 1 saturated heterocycles. The second-order valence-electron chi connectivity index (χ2n) is 5.22. The molecule has 21 heavy (non-hydrogen) atoms. The van der Waals surface area contributed by atoms with Crippen LogP contribution in [-0.2, 0) is 9.59 Å². The first kappa shape index (κ1) is 13.4. The van der Waals surface area contributed by atoms with E-state index in [1.807, 2.05) is 54.6 Å². The van der Waals surface area contributed by atoms with E-state index in [1.54, 1.807) is 4.90 Å². The number of nitrogens with zero attached hydrogens (tertiary/aromatic N) is 1. The van der Waals surface area contributed by atoms with Gasteiger partial charge in [0.15, 0.2) is 0 Å². The molecule has 4 nitrogen and oxygen atoms in total. The lowest BCUT2D eigenvalue weighted by molar-refractivity contribution is -0.123. The van der Waals surface area contributed by atoms with Crippen LogP contribution >= 0.6 is 0 Å². The summed E-state index contributed by atoms with van der Waals surface area (Å²) in [6, 6.07) is 17.8. The van der Waals surface area contributed by atoms with Crippen molar-refractivity contribution in [2.75, 3.05) is 11.4 Å². The van der Waals surface area contributed by atoms with Gasteiger partial charge in [0, 0.05) is 18.7 Å². The van der Waals surface area contributed by atoms with Crippen LogP contribution in [0.3, 0.4) is 0 Å². The number of anilines is 1. The Labute approximate surface area is 123 Å². The number of amides is 2. The normalized spacial score (nSPS) is 18.0. The maximum absolute atomic E-state index is 12.0. The van der Waals surface area contributed by atoms with Crippen LogP contribution in [0, 0.1) is 5.92 Å². The molecule has 1 unspecified atom stereocenters. The van der Waals surface area contributed by atoms with Gasteiger partial charge in [-0.2, -0.15) is 0 Å². The number of rotatable bonds is 3. The minimum Gasteiger partial charge on any atom is -0.369 e. The number of carbonyl (C=O) groups excluding carboxylic acids is 2. The van der Waals surface area contributed by atoms with E-state index in [4.69, 9.17) is 5.73 Å². The molecule has 1 atom stereocenters. The highest BCUT2D eigenvalue weighted by Gasteiger charge is 2.33. The predicted octanol–water partition coefficient (Wildman–Crippen LogP) is 2.19. The van der Waals surface area contributed by atoms with Crippen LogP contribution in [0.15, 0.2) is 54.6 Å². The molecular formula is C17H16N2O2. The smallest absolute Gasteiger partial charge is 0.227 e. The van der Waals surface area contributed by atoms with Crippen molar-refractivity contribution in [2.45, 2.75) is 6.42 Å². The van der Waals surface area contributed by atoms with E-state index in [9.17, 15) is 9.59 Å². The van der Waals surface area contributed by atoms with Crippen LogP contribution in [0.25, 0.3) is 11.1 Å². The van der Waals surface area contributed by atoms with Crippen LogP contribution in [0.2, 0.25) is 0 Å². The Bertz CT molecular complexity index is 665. The van der Waals surface area contributed by atoms with Gasteiger partial charge in [0.05, 0.1) is 5.92 Å². The van der Waals surface area contributed by atoms with E-state index in [1.165, 1.54) is 0 Å². The minimum absolute atomic E-state index is 0.0498. The molecule has 0 bridgehead atoms. The first-order chi connectivity index (χ1) is 10.1. The third-order valence-corrected chi connectivity index (χ3v) is 3.81. The van der Waals surface area contributed by atoms with Crippen molar-refractivity contribution < 1.29 is 9.59 Å². The Hall–Kier alpha value is -2.62. The van der Waals surface area contributed by atoms with Crippen molar-refractivity contribution in [3.8, 4) is 11.1 Å². The molecule has 106 valence electrons. The molecule has 1 fully saturated rings. The van der Waals surface area contributed by atoms with Gasteiger partial charge >= 0.3 is 0 Å². The molecule has 1 aliphatic rings. The fourth-order valence-corrected chi connectivity index (χ4v) is 2.61. The summed E-state index contributed by atoms with van der Waals surface area (Å²) in [5, 5.41) is 0. The van der Waals surface area contributed by atoms with Gasteiger partial charge in [0.1, 0.15) is 0 Å². The zero-order valence-electron chi connectivity index (χ0n) is 11.5. The molecule has 0 aliphatic carbocycles. The highest BCUT2D eigenvalue weighted by molar-refractivity contribution is 6.00. The highest BCUT2D eigenvalue weighted by atomic mass is 16.2. The molecule has 2 amide bonds. The Morgan fingerprint density at radius 3 is 2.19 bits per heavy atom.